The first-order valence-corrected chi connectivity index (χ1v) is 9.95. The number of ether oxygens (including phenoxy) is 1. The molecule has 1 aromatic carbocycles. The molecular weight excluding hydrogens is 354 g/mol. The van der Waals surface area contributed by atoms with Crippen LogP contribution in [-0.2, 0) is 22.7 Å². The van der Waals surface area contributed by atoms with E-state index >= 15 is 0 Å². The van der Waals surface area contributed by atoms with E-state index in [-0.39, 0.29) is 12.6 Å². The largest absolute Gasteiger partial charge is 0.466 e. The molecule has 2 aromatic rings. The van der Waals surface area contributed by atoms with Gasteiger partial charge in [0.15, 0.2) is 0 Å². The summed E-state index contributed by atoms with van der Waals surface area (Å²) in [6, 6.07) is 13.8. The van der Waals surface area contributed by atoms with Gasteiger partial charge >= 0.3 is 5.97 Å². The van der Waals surface area contributed by atoms with E-state index in [1.807, 2.05) is 31.2 Å². The molecule has 2 heterocycles. The van der Waals surface area contributed by atoms with Crippen LogP contribution in [-0.4, -0.2) is 35.7 Å². The summed E-state index contributed by atoms with van der Waals surface area (Å²) < 4.78 is 11.1. The molecule has 1 fully saturated rings. The Bertz CT molecular complexity index is 783. The maximum Gasteiger partial charge on any atom is 0.313 e. The van der Waals surface area contributed by atoms with Gasteiger partial charge in [0.25, 0.3) is 0 Å². The average Bonchev–Trinajstić information content (AvgIpc) is 3.17. The highest BCUT2D eigenvalue weighted by molar-refractivity contribution is 5.77. The molecule has 0 saturated carbocycles. The Balaban J connectivity index is 1.72. The van der Waals surface area contributed by atoms with Crippen LogP contribution in [0.15, 0.2) is 53.0 Å². The summed E-state index contributed by atoms with van der Waals surface area (Å²) in [5.74, 6) is 1.26. The molecule has 0 bridgehead atoms. The summed E-state index contributed by atoms with van der Waals surface area (Å²) in [5.41, 5.74) is 0.590. The second kappa shape index (κ2) is 9.71. The quantitative estimate of drug-likeness (QED) is 0.698. The van der Waals surface area contributed by atoms with Crippen molar-refractivity contribution in [1.29, 1.82) is 0 Å². The molecule has 1 atom stereocenters. The minimum absolute atomic E-state index is 0.100. The fourth-order valence-corrected chi connectivity index (χ4v) is 3.86. The van der Waals surface area contributed by atoms with Gasteiger partial charge in [0.05, 0.1) is 18.6 Å². The molecule has 1 aliphatic rings. The van der Waals surface area contributed by atoms with Gasteiger partial charge in [-0.15, -0.1) is 0 Å². The Morgan fingerprint density at radius 3 is 2.75 bits per heavy atom. The predicted molar refractivity (Wildman–Crippen MR) is 108 cm³/mol. The third-order valence-electron chi connectivity index (χ3n) is 5.24. The second-order valence-electron chi connectivity index (χ2n) is 7.36. The Morgan fingerprint density at radius 1 is 1.25 bits per heavy atom. The van der Waals surface area contributed by atoms with Crippen molar-refractivity contribution in [1.82, 2.24) is 4.90 Å². The smallest absolute Gasteiger partial charge is 0.313 e. The number of aliphatic hydroxyl groups excluding tert-OH is 1. The molecular formula is C23H29NO4. The van der Waals surface area contributed by atoms with Gasteiger partial charge in [0.1, 0.15) is 18.1 Å². The molecule has 0 amide bonds. The van der Waals surface area contributed by atoms with Gasteiger partial charge < -0.3 is 14.3 Å². The van der Waals surface area contributed by atoms with Crippen LogP contribution in [0.25, 0.3) is 6.08 Å². The monoisotopic (exact) mass is 383 g/mol. The van der Waals surface area contributed by atoms with Gasteiger partial charge in [-0.25, -0.2) is 0 Å². The fraction of sp³-hybridized carbons (Fsp3) is 0.435. The van der Waals surface area contributed by atoms with Crippen molar-refractivity contribution < 1.29 is 19.1 Å². The van der Waals surface area contributed by atoms with Crippen molar-refractivity contribution in [3.05, 3.63) is 65.6 Å². The Kier molecular flexibility index (Phi) is 7.06. The molecule has 1 N–H and O–H groups in total. The molecule has 0 unspecified atom stereocenters. The number of likely N-dealkylation sites (tertiary alicyclic amines) is 1. The Hall–Kier alpha value is -2.37. The number of aliphatic hydroxyl groups is 1. The van der Waals surface area contributed by atoms with E-state index in [9.17, 15) is 9.90 Å². The Morgan fingerprint density at radius 2 is 2.04 bits per heavy atom. The number of nitrogens with zero attached hydrogens (tertiary/aromatic N) is 1. The van der Waals surface area contributed by atoms with Crippen molar-refractivity contribution in [2.75, 3.05) is 19.7 Å². The zero-order valence-electron chi connectivity index (χ0n) is 16.5. The van der Waals surface area contributed by atoms with E-state index in [2.05, 4.69) is 29.2 Å². The van der Waals surface area contributed by atoms with Crippen LogP contribution in [0.4, 0.5) is 0 Å². The van der Waals surface area contributed by atoms with Crippen LogP contribution in [0.3, 0.4) is 0 Å². The van der Waals surface area contributed by atoms with Crippen LogP contribution < -0.4 is 0 Å². The van der Waals surface area contributed by atoms with Crippen molar-refractivity contribution in [2.24, 2.45) is 5.41 Å². The molecule has 150 valence electrons. The number of carbonyl (C=O) groups excluding carboxylic acids is 1. The number of furan rings is 1. The molecule has 0 radical (unpaired) electrons. The second-order valence-corrected chi connectivity index (χ2v) is 7.36. The normalized spacial score (nSPS) is 20.5. The van der Waals surface area contributed by atoms with Gasteiger partial charge in [-0.05, 0) is 50.4 Å². The molecule has 5 heteroatoms. The molecule has 0 spiro atoms. The highest BCUT2D eigenvalue weighted by Gasteiger charge is 2.42. The SMILES string of the molecule is CCOC(=O)[C@]1(C/C=C/c2ccccc2)CCCN(Cc2ccc(CO)o2)C1. The molecule has 3 rings (SSSR count). The van der Waals surface area contributed by atoms with Gasteiger partial charge in [0, 0.05) is 6.54 Å². The number of rotatable bonds is 8. The fourth-order valence-electron chi connectivity index (χ4n) is 3.86. The summed E-state index contributed by atoms with van der Waals surface area (Å²) in [6.07, 6.45) is 6.57. The van der Waals surface area contributed by atoms with Crippen LogP contribution in [0.2, 0.25) is 0 Å². The number of allylic oxidation sites excluding steroid dienone is 1. The maximum absolute atomic E-state index is 12.9. The average molecular weight is 383 g/mol. The number of benzene rings is 1. The highest BCUT2D eigenvalue weighted by atomic mass is 16.5. The molecule has 1 aliphatic heterocycles. The van der Waals surface area contributed by atoms with Crippen LogP contribution in [0, 0.1) is 5.41 Å². The standard InChI is InChI=1S/C23H29NO4/c1-2-27-22(26)23(13-6-10-19-8-4-3-5-9-19)14-7-15-24(18-23)16-20-11-12-21(17-25)28-20/h3-6,8-12,25H,2,7,13-18H2,1H3/b10-6+/t23-/m1/s1. The lowest BCUT2D eigenvalue weighted by Gasteiger charge is -2.40. The van der Waals surface area contributed by atoms with Gasteiger partial charge in [-0.3, -0.25) is 9.69 Å². The first-order valence-electron chi connectivity index (χ1n) is 9.95. The molecule has 1 aromatic heterocycles. The van der Waals surface area contributed by atoms with Crippen molar-refractivity contribution in [3.8, 4) is 0 Å². The van der Waals surface area contributed by atoms with Gasteiger partial charge in [-0.2, -0.15) is 0 Å². The van der Waals surface area contributed by atoms with Crippen LogP contribution in [0.5, 0.6) is 0 Å². The van der Waals surface area contributed by atoms with Gasteiger partial charge in [0.2, 0.25) is 0 Å². The number of hydrogen-bond donors (Lipinski definition) is 1. The summed E-state index contributed by atoms with van der Waals surface area (Å²) in [4.78, 5) is 15.1. The van der Waals surface area contributed by atoms with Crippen LogP contribution >= 0.6 is 0 Å². The minimum atomic E-state index is -0.536. The molecule has 5 nitrogen and oxygen atoms in total. The van der Waals surface area contributed by atoms with Crippen molar-refractivity contribution >= 4 is 12.0 Å². The van der Waals surface area contributed by atoms with E-state index in [0.717, 1.165) is 30.7 Å². The number of piperidine rings is 1. The van der Waals surface area contributed by atoms with E-state index < -0.39 is 5.41 Å². The molecule has 1 saturated heterocycles. The lowest BCUT2D eigenvalue weighted by molar-refractivity contribution is -0.159. The third kappa shape index (κ3) is 5.12. The number of hydrogen-bond acceptors (Lipinski definition) is 5. The lowest BCUT2D eigenvalue weighted by atomic mass is 9.76. The Labute approximate surface area is 166 Å². The third-order valence-corrected chi connectivity index (χ3v) is 5.24. The topological polar surface area (TPSA) is 62.9 Å². The van der Waals surface area contributed by atoms with Gasteiger partial charge in [-0.1, -0.05) is 42.5 Å². The van der Waals surface area contributed by atoms with Crippen molar-refractivity contribution in [2.45, 2.75) is 39.3 Å². The zero-order valence-corrected chi connectivity index (χ0v) is 16.5. The van der Waals surface area contributed by atoms with E-state index in [0.29, 0.717) is 31.9 Å². The first kappa shape index (κ1) is 20.4. The van der Waals surface area contributed by atoms with E-state index in [1.54, 1.807) is 6.07 Å². The van der Waals surface area contributed by atoms with E-state index in [4.69, 9.17) is 9.15 Å². The summed E-state index contributed by atoms with van der Waals surface area (Å²) in [5, 5.41) is 9.19. The number of esters is 1. The zero-order chi connectivity index (χ0) is 19.8. The van der Waals surface area contributed by atoms with E-state index in [1.165, 1.54) is 0 Å². The van der Waals surface area contributed by atoms with Crippen LogP contribution in [0.1, 0.15) is 43.3 Å². The maximum atomic E-state index is 12.9. The summed E-state index contributed by atoms with van der Waals surface area (Å²) in [6.45, 7) is 4.33. The molecule has 28 heavy (non-hydrogen) atoms. The summed E-state index contributed by atoms with van der Waals surface area (Å²) in [7, 11) is 0. The molecule has 0 aliphatic carbocycles. The highest BCUT2D eigenvalue weighted by Crippen LogP contribution is 2.36. The first-order chi connectivity index (χ1) is 13.6. The predicted octanol–water partition coefficient (Wildman–Crippen LogP) is 4.02. The minimum Gasteiger partial charge on any atom is -0.466 e. The lowest BCUT2D eigenvalue weighted by Crippen LogP contribution is -2.48. The number of carbonyl (C=O) groups is 1. The summed E-state index contributed by atoms with van der Waals surface area (Å²) >= 11 is 0. The van der Waals surface area contributed by atoms with Crippen molar-refractivity contribution in [3.63, 3.8) is 0 Å².